The van der Waals surface area contributed by atoms with Crippen molar-refractivity contribution in [1.29, 1.82) is 0 Å². The SMILES string of the molecule is C1=CC2C(c3cccnc3)=CC3c4cc(-c5cccnc5)c5ccccc5c4SC3C2C=C1. The Bertz CT molecular complexity index is 1450. The molecular formula is C30H22N2S. The molecule has 2 aliphatic carbocycles. The van der Waals surface area contributed by atoms with Gasteiger partial charge in [-0.25, -0.2) is 0 Å². The first-order valence-electron chi connectivity index (χ1n) is 11.5. The number of aromatic nitrogens is 2. The molecule has 0 saturated carbocycles. The van der Waals surface area contributed by atoms with Crippen LogP contribution < -0.4 is 0 Å². The molecule has 0 saturated heterocycles. The van der Waals surface area contributed by atoms with Crippen molar-refractivity contribution in [3.8, 4) is 11.1 Å². The second-order valence-corrected chi connectivity index (χ2v) is 10.2. The van der Waals surface area contributed by atoms with Crippen LogP contribution in [0.4, 0.5) is 0 Å². The van der Waals surface area contributed by atoms with Gasteiger partial charge in [0.15, 0.2) is 0 Å². The number of thioether (sulfide) groups is 1. The molecule has 4 aromatic rings. The zero-order chi connectivity index (χ0) is 21.8. The Hall–Kier alpha value is -3.43. The van der Waals surface area contributed by atoms with E-state index in [0.717, 1.165) is 0 Å². The summed E-state index contributed by atoms with van der Waals surface area (Å²) in [6.07, 6.45) is 19.5. The van der Waals surface area contributed by atoms with E-state index in [1.807, 2.05) is 36.9 Å². The first kappa shape index (κ1) is 19.1. The monoisotopic (exact) mass is 442 g/mol. The van der Waals surface area contributed by atoms with E-state index < -0.39 is 0 Å². The minimum absolute atomic E-state index is 0.373. The van der Waals surface area contributed by atoms with Crippen molar-refractivity contribution < 1.29 is 0 Å². The summed E-state index contributed by atoms with van der Waals surface area (Å²) in [5.74, 6) is 1.24. The highest BCUT2D eigenvalue weighted by molar-refractivity contribution is 8.00. The maximum Gasteiger partial charge on any atom is 0.0346 e. The van der Waals surface area contributed by atoms with Gasteiger partial charge in [-0.2, -0.15) is 0 Å². The van der Waals surface area contributed by atoms with Crippen molar-refractivity contribution in [2.45, 2.75) is 16.1 Å². The van der Waals surface area contributed by atoms with Gasteiger partial charge in [0.1, 0.15) is 0 Å². The molecule has 0 fully saturated rings. The number of allylic oxidation sites excluding steroid dienone is 6. The summed E-state index contributed by atoms with van der Waals surface area (Å²) >= 11 is 2.08. The fourth-order valence-electron chi connectivity index (χ4n) is 5.78. The lowest BCUT2D eigenvalue weighted by Gasteiger charge is -2.38. The molecule has 0 bridgehead atoms. The summed E-state index contributed by atoms with van der Waals surface area (Å²) in [4.78, 5) is 10.3. The Morgan fingerprint density at radius 2 is 1.48 bits per heavy atom. The zero-order valence-electron chi connectivity index (χ0n) is 18.0. The van der Waals surface area contributed by atoms with Crippen LogP contribution >= 0.6 is 11.8 Å². The molecule has 4 unspecified atom stereocenters. The number of fused-ring (bicyclic) bond motifs is 7. The van der Waals surface area contributed by atoms with Gasteiger partial charge in [-0.15, -0.1) is 11.8 Å². The second kappa shape index (κ2) is 7.57. The molecule has 3 heterocycles. The van der Waals surface area contributed by atoms with Crippen molar-refractivity contribution in [3.05, 3.63) is 121 Å². The Labute approximate surface area is 197 Å². The van der Waals surface area contributed by atoms with Crippen LogP contribution in [0, 0.1) is 11.8 Å². The van der Waals surface area contributed by atoms with Gasteiger partial charge in [0, 0.05) is 58.2 Å². The van der Waals surface area contributed by atoms with E-state index in [9.17, 15) is 0 Å². The zero-order valence-corrected chi connectivity index (χ0v) is 18.8. The molecule has 0 spiro atoms. The van der Waals surface area contributed by atoms with Gasteiger partial charge < -0.3 is 0 Å². The van der Waals surface area contributed by atoms with E-state index in [2.05, 4.69) is 94.6 Å². The molecule has 0 radical (unpaired) electrons. The van der Waals surface area contributed by atoms with E-state index in [-0.39, 0.29) is 0 Å². The molecule has 2 aromatic carbocycles. The molecule has 0 amide bonds. The Balaban J connectivity index is 1.47. The number of hydrogen-bond acceptors (Lipinski definition) is 3. The maximum atomic E-state index is 4.43. The van der Waals surface area contributed by atoms with Crippen LogP contribution in [0.5, 0.6) is 0 Å². The Kier molecular flexibility index (Phi) is 4.37. The summed E-state index contributed by atoms with van der Waals surface area (Å²) in [5, 5.41) is 3.16. The van der Waals surface area contributed by atoms with Crippen LogP contribution in [-0.4, -0.2) is 15.2 Å². The van der Waals surface area contributed by atoms with Crippen molar-refractivity contribution in [1.82, 2.24) is 9.97 Å². The third-order valence-electron chi connectivity index (χ3n) is 7.23. The van der Waals surface area contributed by atoms with E-state index >= 15 is 0 Å². The van der Waals surface area contributed by atoms with E-state index in [1.54, 1.807) is 0 Å². The standard InChI is InChI=1S/C30H22N2S/c1-3-11-23-21(9-1)25(19-7-5-13-31-17-19)15-27-28-16-26(20-8-6-14-32-18-20)22-10-2-4-12-24(22)30(28)33-29(23)27/h1-18,21,23,27,29H. The van der Waals surface area contributed by atoms with Gasteiger partial charge in [-0.1, -0.05) is 66.8 Å². The first-order valence-corrected chi connectivity index (χ1v) is 12.4. The molecule has 1 aliphatic heterocycles. The highest BCUT2D eigenvalue weighted by Gasteiger charge is 2.45. The number of nitrogens with zero attached hydrogens (tertiary/aromatic N) is 2. The number of rotatable bonds is 2. The van der Waals surface area contributed by atoms with Crippen LogP contribution in [0.15, 0.2) is 115 Å². The normalized spacial score (nSPS) is 24.8. The molecular weight excluding hydrogens is 420 g/mol. The van der Waals surface area contributed by atoms with E-state index in [1.165, 1.54) is 43.5 Å². The van der Waals surface area contributed by atoms with Crippen LogP contribution in [0.3, 0.4) is 0 Å². The van der Waals surface area contributed by atoms with Crippen LogP contribution in [0.2, 0.25) is 0 Å². The van der Waals surface area contributed by atoms with Crippen molar-refractivity contribution in [2.75, 3.05) is 0 Å². The van der Waals surface area contributed by atoms with Gasteiger partial charge in [-0.05, 0) is 51.2 Å². The molecule has 2 nitrogen and oxygen atoms in total. The molecule has 3 heteroatoms. The lowest BCUT2D eigenvalue weighted by Crippen LogP contribution is -2.31. The maximum absolute atomic E-state index is 4.43. The van der Waals surface area contributed by atoms with Gasteiger partial charge >= 0.3 is 0 Å². The largest absolute Gasteiger partial charge is 0.264 e. The van der Waals surface area contributed by atoms with Crippen LogP contribution in [0.1, 0.15) is 17.0 Å². The third-order valence-corrected chi connectivity index (χ3v) is 8.80. The van der Waals surface area contributed by atoms with E-state index in [0.29, 0.717) is 23.0 Å². The predicted molar refractivity (Wildman–Crippen MR) is 137 cm³/mol. The highest BCUT2D eigenvalue weighted by Crippen LogP contribution is 2.59. The smallest absolute Gasteiger partial charge is 0.0346 e. The molecule has 2 aromatic heterocycles. The van der Waals surface area contributed by atoms with Gasteiger partial charge in [0.25, 0.3) is 0 Å². The lowest BCUT2D eigenvalue weighted by molar-refractivity contribution is 0.493. The summed E-state index contributed by atoms with van der Waals surface area (Å²) in [7, 11) is 0. The topological polar surface area (TPSA) is 25.8 Å². The summed E-state index contributed by atoms with van der Waals surface area (Å²) in [6, 6.07) is 19.7. The van der Waals surface area contributed by atoms with Crippen LogP contribution in [-0.2, 0) is 0 Å². The van der Waals surface area contributed by atoms with Crippen molar-refractivity contribution in [3.63, 3.8) is 0 Å². The van der Waals surface area contributed by atoms with Crippen LogP contribution in [0.25, 0.3) is 27.5 Å². The molecule has 158 valence electrons. The number of benzene rings is 2. The molecule has 0 N–H and O–H groups in total. The summed E-state index contributed by atoms with van der Waals surface area (Å²) in [5.41, 5.74) is 6.54. The predicted octanol–water partition coefficient (Wildman–Crippen LogP) is 7.31. The molecule has 7 rings (SSSR count). The second-order valence-electron chi connectivity index (χ2n) is 8.97. The molecule has 3 aliphatic rings. The summed E-state index contributed by atoms with van der Waals surface area (Å²) < 4.78 is 0. The van der Waals surface area contributed by atoms with Crippen molar-refractivity contribution >= 4 is 28.1 Å². The van der Waals surface area contributed by atoms with Crippen molar-refractivity contribution in [2.24, 2.45) is 11.8 Å². The highest BCUT2D eigenvalue weighted by atomic mass is 32.2. The fourth-order valence-corrected chi connectivity index (χ4v) is 7.47. The average molecular weight is 443 g/mol. The molecule has 33 heavy (non-hydrogen) atoms. The minimum Gasteiger partial charge on any atom is -0.264 e. The Morgan fingerprint density at radius 3 is 2.27 bits per heavy atom. The van der Waals surface area contributed by atoms with Gasteiger partial charge in [-0.3, -0.25) is 9.97 Å². The Morgan fingerprint density at radius 1 is 0.727 bits per heavy atom. The quantitative estimate of drug-likeness (QED) is 0.325. The summed E-state index contributed by atoms with van der Waals surface area (Å²) in [6.45, 7) is 0. The van der Waals surface area contributed by atoms with E-state index in [4.69, 9.17) is 0 Å². The molecule has 4 atom stereocenters. The number of hydrogen-bond donors (Lipinski definition) is 0. The lowest BCUT2D eigenvalue weighted by atomic mass is 9.69. The number of pyridine rings is 2. The fraction of sp³-hybridized carbons (Fsp3) is 0.133. The van der Waals surface area contributed by atoms with Gasteiger partial charge in [0.05, 0.1) is 0 Å². The minimum atomic E-state index is 0.373. The third kappa shape index (κ3) is 2.96. The average Bonchev–Trinajstić information content (AvgIpc) is 3.28. The first-order chi connectivity index (χ1) is 16.4. The van der Waals surface area contributed by atoms with Gasteiger partial charge in [0.2, 0.25) is 0 Å².